The molecule has 1 unspecified atom stereocenters. The molecule has 6 nitrogen and oxygen atoms in total. The van der Waals surface area contributed by atoms with Crippen molar-refractivity contribution in [2.75, 3.05) is 6.54 Å². The average Bonchev–Trinajstić information content (AvgIpc) is 3.11. The molecule has 0 bridgehead atoms. The first-order chi connectivity index (χ1) is 13.3. The Kier molecular flexibility index (Phi) is 5.64. The second-order valence-electron chi connectivity index (χ2n) is 6.07. The molecule has 0 aliphatic heterocycles. The Morgan fingerprint density at radius 2 is 1.82 bits per heavy atom. The number of amides is 1. The number of hydrogen-bond acceptors (Lipinski definition) is 4. The maximum Gasteiger partial charge on any atom is 0.451 e. The summed E-state index contributed by atoms with van der Waals surface area (Å²) in [7, 11) is 1.75. The van der Waals surface area contributed by atoms with Gasteiger partial charge in [-0.15, -0.1) is 0 Å². The smallest absolute Gasteiger partial charge is 0.340 e. The van der Waals surface area contributed by atoms with Crippen molar-refractivity contribution in [1.82, 2.24) is 23.9 Å². The fourth-order valence-electron chi connectivity index (χ4n) is 2.61. The highest BCUT2D eigenvalue weighted by atomic mass is 35.5. The molecule has 0 aliphatic carbocycles. The van der Waals surface area contributed by atoms with E-state index in [9.17, 15) is 18.0 Å². The number of carbonyl (C=O) groups excluding carboxylic acids is 1. The normalized spacial score (nSPS) is 12.6. The Hall–Kier alpha value is -2.94. The van der Waals surface area contributed by atoms with Crippen LogP contribution in [0.3, 0.4) is 0 Å². The minimum absolute atomic E-state index is 0.0268. The molecular weight excluding hydrogens is 395 g/mol. The second kappa shape index (κ2) is 7.97. The van der Waals surface area contributed by atoms with Crippen molar-refractivity contribution in [3.05, 3.63) is 77.9 Å². The molecule has 0 N–H and O–H groups in total. The van der Waals surface area contributed by atoms with Gasteiger partial charge in [0.15, 0.2) is 0 Å². The standard InChI is InChI=1S/C18H15ClF3N5O/c1-26-10-15(25-11-26)14(13-7-23-17(24-8-13)18(20,21)22)9-27(19)16(28)12-5-3-2-4-6-12/h2-8,10-11,14H,9H2,1H3. The minimum Gasteiger partial charge on any atom is -0.340 e. The van der Waals surface area contributed by atoms with E-state index in [0.29, 0.717) is 16.8 Å². The van der Waals surface area contributed by atoms with Crippen molar-refractivity contribution < 1.29 is 18.0 Å². The molecule has 28 heavy (non-hydrogen) atoms. The summed E-state index contributed by atoms with van der Waals surface area (Å²) in [6.45, 7) is -0.0268. The number of halogens is 4. The van der Waals surface area contributed by atoms with Crippen LogP contribution in [-0.4, -0.2) is 36.4 Å². The lowest BCUT2D eigenvalue weighted by Gasteiger charge is -2.21. The van der Waals surface area contributed by atoms with Crippen LogP contribution in [0.1, 0.15) is 33.4 Å². The highest BCUT2D eigenvalue weighted by Crippen LogP contribution is 2.29. The van der Waals surface area contributed by atoms with Crippen molar-refractivity contribution in [3.8, 4) is 0 Å². The lowest BCUT2D eigenvalue weighted by Crippen LogP contribution is -2.27. The largest absolute Gasteiger partial charge is 0.451 e. The summed E-state index contributed by atoms with van der Waals surface area (Å²) in [5, 5.41) is 0. The predicted octanol–water partition coefficient (Wildman–Crippen LogP) is 3.66. The van der Waals surface area contributed by atoms with Gasteiger partial charge in [0.2, 0.25) is 5.82 Å². The first kappa shape index (κ1) is 19.8. The summed E-state index contributed by atoms with van der Waals surface area (Å²) >= 11 is 6.20. The van der Waals surface area contributed by atoms with E-state index in [-0.39, 0.29) is 6.54 Å². The van der Waals surface area contributed by atoms with E-state index >= 15 is 0 Å². The maximum absolute atomic E-state index is 12.7. The highest BCUT2D eigenvalue weighted by molar-refractivity contribution is 6.24. The first-order valence-electron chi connectivity index (χ1n) is 8.15. The third-order valence-corrected chi connectivity index (χ3v) is 4.29. The van der Waals surface area contributed by atoms with Crippen LogP contribution < -0.4 is 0 Å². The molecule has 2 aromatic heterocycles. The number of aryl methyl sites for hydroxylation is 1. The van der Waals surface area contributed by atoms with Gasteiger partial charge in [-0.3, -0.25) is 4.79 Å². The summed E-state index contributed by atoms with van der Waals surface area (Å²) in [6, 6.07) is 8.42. The third kappa shape index (κ3) is 4.48. The molecule has 0 spiro atoms. The molecule has 1 amide bonds. The fourth-order valence-corrected chi connectivity index (χ4v) is 2.85. The topological polar surface area (TPSA) is 63.9 Å². The van der Waals surface area contributed by atoms with Gasteiger partial charge in [-0.2, -0.15) is 13.2 Å². The van der Waals surface area contributed by atoms with Crippen LogP contribution >= 0.6 is 11.8 Å². The van der Waals surface area contributed by atoms with Crippen LogP contribution in [0.4, 0.5) is 13.2 Å². The maximum atomic E-state index is 12.7. The SMILES string of the molecule is Cn1cnc(C(CN(Cl)C(=O)c2ccccc2)c2cnc(C(F)(F)F)nc2)c1. The van der Waals surface area contributed by atoms with E-state index in [1.165, 1.54) is 0 Å². The quantitative estimate of drug-likeness (QED) is 0.603. The van der Waals surface area contributed by atoms with E-state index in [1.807, 2.05) is 0 Å². The molecule has 0 aliphatic rings. The molecule has 2 heterocycles. The van der Waals surface area contributed by atoms with Gasteiger partial charge in [-0.05, 0) is 17.7 Å². The van der Waals surface area contributed by atoms with E-state index in [2.05, 4.69) is 15.0 Å². The molecule has 0 fully saturated rings. The van der Waals surface area contributed by atoms with Gasteiger partial charge in [0.05, 0.1) is 18.6 Å². The number of carbonyl (C=O) groups is 1. The number of imidazole rings is 1. The number of nitrogens with zero attached hydrogens (tertiary/aromatic N) is 5. The van der Waals surface area contributed by atoms with E-state index in [0.717, 1.165) is 16.8 Å². The van der Waals surface area contributed by atoms with Crippen LogP contribution in [-0.2, 0) is 13.2 Å². The summed E-state index contributed by atoms with van der Waals surface area (Å²) < 4.78 is 40.9. The summed E-state index contributed by atoms with van der Waals surface area (Å²) in [5.74, 6) is -2.27. The van der Waals surface area contributed by atoms with Gasteiger partial charge < -0.3 is 4.57 Å². The number of rotatable bonds is 5. The van der Waals surface area contributed by atoms with Gasteiger partial charge in [0.1, 0.15) is 0 Å². The van der Waals surface area contributed by atoms with Crippen molar-refractivity contribution in [2.24, 2.45) is 7.05 Å². The zero-order valence-corrected chi connectivity index (χ0v) is 15.4. The van der Waals surface area contributed by atoms with Crippen molar-refractivity contribution in [3.63, 3.8) is 0 Å². The fraction of sp³-hybridized carbons (Fsp3) is 0.222. The summed E-state index contributed by atoms with van der Waals surface area (Å²) in [5.41, 5.74) is 1.27. The molecule has 3 rings (SSSR count). The molecular formula is C18H15ClF3N5O. The molecule has 146 valence electrons. The number of alkyl halides is 3. The van der Waals surface area contributed by atoms with Crippen molar-refractivity contribution in [1.29, 1.82) is 0 Å². The monoisotopic (exact) mass is 409 g/mol. The van der Waals surface area contributed by atoms with Crippen LogP contribution in [0, 0.1) is 0 Å². The van der Waals surface area contributed by atoms with Crippen LogP contribution in [0.25, 0.3) is 0 Å². The van der Waals surface area contributed by atoms with Gasteiger partial charge in [-0.1, -0.05) is 18.2 Å². The Balaban J connectivity index is 1.89. The molecule has 0 radical (unpaired) electrons. The number of hydrogen-bond donors (Lipinski definition) is 0. The molecule has 0 saturated carbocycles. The van der Waals surface area contributed by atoms with Gasteiger partial charge in [0, 0.05) is 48.9 Å². The molecule has 3 aromatic rings. The predicted molar refractivity (Wildman–Crippen MR) is 95.4 cm³/mol. The molecule has 1 atom stereocenters. The van der Waals surface area contributed by atoms with Gasteiger partial charge >= 0.3 is 6.18 Å². The molecule has 10 heteroatoms. The highest BCUT2D eigenvalue weighted by Gasteiger charge is 2.35. The number of benzene rings is 1. The lowest BCUT2D eigenvalue weighted by atomic mass is 9.98. The van der Waals surface area contributed by atoms with Crippen LogP contribution in [0.2, 0.25) is 0 Å². The van der Waals surface area contributed by atoms with E-state index in [4.69, 9.17) is 11.8 Å². The zero-order valence-electron chi connectivity index (χ0n) is 14.6. The van der Waals surface area contributed by atoms with E-state index in [1.54, 1.807) is 54.5 Å². The lowest BCUT2D eigenvalue weighted by molar-refractivity contribution is -0.145. The Labute approximate surface area is 163 Å². The summed E-state index contributed by atoms with van der Waals surface area (Å²) in [6.07, 6.45) is 0.755. The third-order valence-electron chi connectivity index (χ3n) is 3.99. The average molecular weight is 410 g/mol. The zero-order chi connectivity index (χ0) is 20.3. The summed E-state index contributed by atoms with van der Waals surface area (Å²) in [4.78, 5) is 23.6. The van der Waals surface area contributed by atoms with Crippen molar-refractivity contribution >= 4 is 17.7 Å². The second-order valence-corrected chi connectivity index (χ2v) is 6.48. The minimum atomic E-state index is -4.64. The van der Waals surface area contributed by atoms with E-state index < -0.39 is 23.8 Å². The Morgan fingerprint density at radius 3 is 2.36 bits per heavy atom. The Morgan fingerprint density at radius 1 is 1.18 bits per heavy atom. The van der Waals surface area contributed by atoms with Crippen molar-refractivity contribution in [2.45, 2.75) is 12.1 Å². The number of aromatic nitrogens is 4. The first-order valence-corrected chi connectivity index (χ1v) is 8.49. The van der Waals surface area contributed by atoms with Gasteiger partial charge in [-0.25, -0.2) is 19.4 Å². The van der Waals surface area contributed by atoms with Crippen LogP contribution in [0.15, 0.2) is 55.2 Å². The van der Waals surface area contributed by atoms with Gasteiger partial charge in [0.25, 0.3) is 5.91 Å². The Bertz CT molecular complexity index is 944. The molecule has 1 aromatic carbocycles. The molecule has 0 saturated heterocycles. The van der Waals surface area contributed by atoms with Crippen LogP contribution in [0.5, 0.6) is 0 Å².